The van der Waals surface area contributed by atoms with Crippen LogP contribution in [0.15, 0.2) is 11.6 Å². The third-order valence-corrected chi connectivity index (χ3v) is 4.69. The lowest BCUT2D eigenvalue weighted by Gasteiger charge is -2.13. The Morgan fingerprint density at radius 2 is 2.28 bits per heavy atom. The summed E-state index contributed by atoms with van der Waals surface area (Å²) in [6, 6.07) is 0. The minimum absolute atomic E-state index is 0.681. The normalized spacial score (nSPS) is 19.7. The predicted octanol–water partition coefficient (Wildman–Crippen LogP) is 3.91. The Morgan fingerprint density at radius 1 is 1.39 bits per heavy atom. The first-order valence-corrected chi connectivity index (χ1v) is 7.79. The van der Waals surface area contributed by atoms with E-state index in [1.165, 1.54) is 67.0 Å². The number of nitrogens with two attached hydrogens (primary N) is 1. The molecule has 0 aliphatic heterocycles. The van der Waals surface area contributed by atoms with E-state index in [4.69, 9.17) is 5.73 Å². The van der Waals surface area contributed by atoms with Crippen LogP contribution < -0.4 is 11.1 Å². The fraction of sp³-hybridized carbons (Fsp3) is 0.643. The summed E-state index contributed by atoms with van der Waals surface area (Å²) in [5, 5.41) is 4.75. The maximum Gasteiger partial charge on any atom is 0.142 e. The molecule has 1 heterocycles. The second-order valence-electron chi connectivity index (χ2n) is 5.37. The van der Waals surface area contributed by atoms with Crippen molar-refractivity contribution in [2.75, 3.05) is 17.6 Å². The maximum atomic E-state index is 5.94. The smallest absolute Gasteiger partial charge is 0.142 e. The van der Waals surface area contributed by atoms with Crippen LogP contribution in [0.1, 0.15) is 56.4 Å². The van der Waals surface area contributed by atoms with E-state index in [1.54, 1.807) is 5.57 Å². The van der Waals surface area contributed by atoms with Gasteiger partial charge in [0.2, 0.25) is 0 Å². The van der Waals surface area contributed by atoms with Gasteiger partial charge >= 0.3 is 0 Å². The van der Waals surface area contributed by atoms with Gasteiger partial charge in [0.1, 0.15) is 10.8 Å². The van der Waals surface area contributed by atoms with Gasteiger partial charge in [0.25, 0.3) is 0 Å². The first kappa shape index (κ1) is 12.0. The summed E-state index contributed by atoms with van der Waals surface area (Å²) < 4.78 is 4.29. The standard InChI is InChI=1S/C14H21N3S/c15-13-12(11-6-7-11)14(18-17-13)16-9-8-10-4-2-1-3-5-10/h4,11,16H,1-3,5-9H2,(H2,15,17). The third kappa shape index (κ3) is 2.69. The van der Waals surface area contributed by atoms with E-state index >= 15 is 0 Å². The van der Waals surface area contributed by atoms with Crippen LogP contribution in [0.2, 0.25) is 0 Å². The van der Waals surface area contributed by atoms with Gasteiger partial charge in [-0.25, -0.2) is 0 Å². The number of allylic oxidation sites excluding steroid dienone is 1. The highest BCUT2D eigenvalue weighted by atomic mass is 32.1. The van der Waals surface area contributed by atoms with Gasteiger partial charge in [-0.3, -0.25) is 0 Å². The van der Waals surface area contributed by atoms with Crippen molar-refractivity contribution in [1.29, 1.82) is 0 Å². The van der Waals surface area contributed by atoms with Crippen molar-refractivity contribution in [3.8, 4) is 0 Å². The number of aromatic nitrogens is 1. The van der Waals surface area contributed by atoms with Crippen LogP contribution in [0.5, 0.6) is 0 Å². The Hall–Kier alpha value is -1.03. The summed E-state index contributed by atoms with van der Waals surface area (Å²) in [6.07, 6.45) is 11.5. The molecular weight excluding hydrogens is 242 g/mol. The molecule has 0 radical (unpaired) electrons. The topological polar surface area (TPSA) is 50.9 Å². The third-order valence-electron chi connectivity index (χ3n) is 3.86. The van der Waals surface area contributed by atoms with Gasteiger partial charge in [-0.15, -0.1) is 0 Å². The highest BCUT2D eigenvalue weighted by Gasteiger charge is 2.30. The molecule has 1 fully saturated rings. The molecule has 0 atom stereocenters. The Morgan fingerprint density at radius 3 is 3.00 bits per heavy atom. The molecule has 0 aromatic carbocycles. The summed E-state index contributed by atoms with van der Waals surface area (Å²) in [5.41, 5.74) is 8.86. The Kier molecular flexibility index (Phi) is 3.55. The van der Waals surface area contributed by atoms with Crippen LogP contribution in [-0.4, -0.2) is 10.9 Å². The van der Waals surface area contributed by atoms with Crippen LogP contribution in [-0.2, 0) is 0 Å². The second-order valence-corrected chi connectivity index (χ2v) is 6.14. The number of nitrogens with one attached hydrogen (secondary N) is 1. The van der Waals surface area contributed by atoms with Crippen molar-refractivity contribution in [2.45, 2.75) is 50.9 Å². The van der Waals surface area contributed by atoms with E-state index in [2.05, 4.69) is 15.8 Å². The van der Waals surface area contributed by atoms with Crippen molar-refractivity contribution in [3.63, 3.8) is 0 Å². The molecule has 98 valence electrons. The maximum absolute atomic E-state index is 5.94. The van der Waals surface area contributed by atoms with Crippen LogP contribution in [0.4, 0.5) is 10.8 Å². The molecule has 3 N–H and O–H groups in total. The van der Waals surface area contributed by atoms with Crippen molar-refractivity contribution < 1.29 is 0 Å². The van der Waals surface area contributed by atoms with Crippen LogP contribution in [0, 0.1) is 0 Å². The number of nitrogen functional groups attached to an aromatic ring is 1. The molecule has 1 aromatic rings. The van der Waals surface area contributed by atoms with Crippen molar-refractivity contribution in [3.05, 3.63) is 17.2 Å². The molecule has 0 saturated heterocycles. The largest absolute Gasteiger partial charge is 0.383 e. The molecule has 18 heavy (non-hydrogen) atoms. The van der Waals surface area contributed by atoms with Crippen molar-refractivity contribution in [1.82, 2.24) is 4.37 Å². The van der Waals surface area contributed by atoms with Gasteiger partial charge in [0, 0.05) is 12.1 Å². The van der Waals surface area contributed by atoms with Gasteiger partial charge < -0.3 is 11.1 Å². The number of hydrogen-bond donors (Lipinski definition) is 2. The molecule has 2 aliphatic carbocycles. The van der Waals surface area contributed by atoms with Crippen LogP contribution in [0.3, 0.4) is 0 Å². The van der Waals surface area contributed by atoms with E-state index in [9.17, 15) is 0 Å². The highest BCUT2D eigenvalue weighted by molar-refractivity contribution is 7.10. The number of hydrogen-bond acceptors (Lipinski definition) is 4. The zero-order valence-electron chi connectivity index (χ0n) is 10.7. The average molecular weight is 263 g/mol. The van der Waals surface area contributed by atoms with E-state index in [0.29, 0.717) is 5.92 Å². The second kappa shape index (κ2) is 5.31. The lowest BCUT2D eigenvalue weighted by Crippen LogP contribution is -2.05. The molecule has 3 nitrogen and oxygen atoms in total. The summed E-state index contributed by atoms with van der Waals surface area (Å²) in [6.45, 7) is 1.02. The Balaban J connectivity index is 1.55. The molecule has 0 amide bonds. The van der Waals surface area contributed by atoms with Gasteiger partial charge in [0.05, 0.1) is 0 Å². The fourth-order valence-electron chi connectivity index (χ4n) is 2.67. The first-order valence-electron chi connectivity index (χ1n) is 7.01. The summed E-state index contributed by atoms with van der Waals surface area (Å²) >= 11 is 1.53. The van der Waals surface area contributed by atoms with E-state index in [-0.39, 0.29) is 0 Å². The van der Waals surface area contributed by atoms with E-state index < -0.39 is 0 Å². The van der Waals surface area contributed by atoms with Gasteiger partial charge in [-0.1, -0.05) is 11.6 Å². The molecule has 2 aliphatic rings. The molecular formula is C14H21N3S. The van der Waals surface area contributed by atoms with Crippen molar-refractivity contribution in [2.24, 2.45) is 0 Å². The Labute approximate surface area is 113 Å². The van der Waals surface area contributed by atoms with E-state index in [0.717, 1.165) is 12.4 Å². The number of rotatable bonds is 5. The highest BCUT2D eigenvalue weighted by Crippen LogP contribution is 2.47. The minimum Gasteiger partial charge on any atom is -0.383 e. The summed E-state index contributed by atoms with van der Waals surface area (Å²) in [5.74, 6) is 1.43. The molecule has 3 rings (SSSR count). The van der Waals surface area contributed by atoms with Crippen LogP contribution >= 0.6 is 11.5 Å². The zero-order chi connectivity index (χ0) is 12.4. The quantitative estimate of drug-likeness (QED) is 0.792. The minimum atomic E-state index is 0.681. The number of nitrogens with zero attached hydrogens (tertiary/aromatic N) is 1. The lowest BCUT2D eigenvalue weighted by molar-refractivity contribution is 0.679. The van der Waals surface area contributed by atoms with Crippen LogP contribution in [0.25, 0.3) is 0 Å². The van der Waals surface area contributed by atoms with Gasteiger partial charge in [-0.05, 0) is 62.4 Å². The average Bonchev–Trinajstić information content (AvgIpc) is 3.16. The number of anilines is 2. The zero-order valence-corrected chi connectivity index (χ0v) is 11.6. The fourth-order valence-corrected chi connectivity index (χ4v) is 3.50. The van der Waals surface area contributed by atoms with Gasteiger partial charge in [-0.2, -0.15) is 4.37 Å². The summed E-state index contributed by atoms with van der Waals surface area (Å²) in [7, 11) is 0. The molecule has 0 unspecified atom stereocenters. The molecule has 1 saturated carbocycles. The summed E-state index contributed by atoms with van der Waals surface area (Å²) in [4.78, 5) is 0. The molecule has 4 heteroatoms. The predicted molar refractivity (Wildman–Crippen MR) is 78.2 cm³/mol. The van der Waals surface area contributed by atoms with Crippen molar-refractivity contribution >= 4 is 22.4 Å². The SMILES string of the molecule is Nc1nsc(NCCC2=CCCCC2)c1C1CC1. The lowest BCUT2D eigenvalue weighted by atomic mass is 9.97. The Bertz CT molecular complexity index is 446. The van der Waals surface area contributed by atoms with Gasteiger partial charge in [0.15, 0.2) is 0 Å². The molecule has 1 aromatic heterocycles. The first-order chi connectivity index (χ1) is 8.84. The molecule has 0 spiro atoms. The monoisotopic (exact) mass is 263 g/mol. The van der Waals surface area contributed by atoms with E-state index in [1.807, 2.05) is 0 Å². The molecule has 0 bridgehead atoms.